The van der Waals surface area contributed by atoms with Gasteiger partial charge in [0.25, 0.3) is 0 Å². The molecule has 0 saturated heterocycles. The predicted octanol–water partition coefficient (Wildman–Crippen LogP) is 2.20. The number of hydrogen-bond donors (Lipinski definition) is 2. The lowest BCUT2D eigenvalue weighted by Crippen LogP contribution is -2.40. The van der Waals surface area contributed by atoms with E-state index < -0.39 is 5.60 Å². The summed E-state index contributed by atoms with van der Waals surface area (Å²) in [5.41, 5.74) is 1.34. The van der Waals surface area contributed by atoms with Gasteiger partial charge in [0.2, 0.25) is 0 Å². The second-order valence-electron chi connectivity index (χ2n) is 4.92. The van der Waals surface area contributed by atoms with E-state index >= 15 is 0 Å². The van der Waals surface area contributed by atoms with E-state index in [0.29, 0.717) is 23.5 Å². The molecule has 1 atom stereocenters. The number of rotatable bonds is 3. The first-order chi connectivity index (χ1) is 9.60. The highest BCUT2D eigenvalue weighted by Crippen LogP contribution is 2.49. The van der Waals surface area contributed by atoms with E-state index in [0.717, 1.165) is 11.1 Å². The Bertz CT molecular complexity index is 666. The normalized spacial score (nSPS) is 19.9. The third-order valence-electron chi connectivity index (χ3n) is 3.85. The van der Waals surface area contributed by atoms with Gasteiger partial charge in [0.15, 0.2) is 11.5 Å². The summed E-state index contributed by atoms with van der Waals surface area (Å²) in [5.74, 6) is 1.06. The number of phenolic OH excluding ortho intramolecular Hbond substituents is 1. The lowest BCUT2D eigenvalue weighted by molar-refractivity contribution is 0.0526. The van der Waals surface area contributed by atoms with Gasteiger partial charge in [-0.05, 0) is 29.3 Å². The molecule has 4 nitrogen and oxygen atoms in total. The quantitative estimate of drug-likeness (QED) is 0.899. The molecule has 4 heteroatoms. The molecule has 2 N–H and O–H groups in total. The minimum absolute atomic E-state index is 0.0155. The SMILES string of the molecule is COc1ccc([C@]2(O)Cc3cccc(OC)c32)cc1O. The van der Waals surface area contributed by atoms with Crippen LogP contribution >= 0.6 is 0 Å². The minimum Gasteiger partial charge on any atom is -0.504 e. The fourth-order valence-corrected chi connectivity index (χ4v) is 2.81. The maximum atomic E-state index is 10.9. The number of ether oxygens (including phenoxy) is 2. The summed E-state index contributed by atoms with van der Waals surface area (Å²) < 4.78 is 10.3. The van der Waals surface area contributed by atoms with Gasteiger partial charge in [-0.3, -0.25) is 0 Å². The van der Waals surface area contributed by atoms with Gasteiger partial charge in [-0.25, -0.2) is 0 Å². The number of methoxy groups -OCH3 is 2. The first-order valence-corrected chi connectivity index (χ1v) is 6.36. The average molecular weight is 272 g/mol. The average Bonchev–Trinajstić information content (AvgIpc) is 2.45. The van der Waals surface area contributed by atoms with E-state index in [-0.39, 0.29) is 5.75 Å². The molecule has 0 bridgehead atoms. The summed E-state index contributed by atoms with van der Waals surface area (Å²) in [5, 5.41) is 20.8. The molecule has 0 heterocycles. The van der Waals surface area contributed by atoms with Gasteiger partial charge < -0.3 is 19.7 Å². The van der Waals surface area contributed by atoms with Crippen molar-refractivity contribution < 1.29 is 19.7 Å². The first-order valence-electron chi connectivity index (χ1n) is 6.36. The van der Waals surface area contributed by atoms with E-state index in [2.05, 4.69) is 0 Å². The Morgan fingerprint density at radius 2 is 1.80 bits per heavy atom. The molecule has 0 aromatic heterocycles. The van der Waals surface area contributed by atoms with Crippen LogP contribution in [0.5, 0.6) is 17.2 Å². The van der Waals surface area contributed by atoms with Crippen LogP contribution in [0.4, 0.5) is 0 Å². The highest BCUT2D eigenvalue weighted by molar-refractivity contribution is 5.59. The van der Waals surface area contributed by atoms with Crippen LogP contribution in [0.15, 0.2) is 36.4 Å². The molecule has 0 saturated carbocycles. The molecule has 0 spiro atoms. The predicted molar refractivity (Wildman–Crippen MR) is 74.4 cm³/mol. The fourth-order valence-electron chi connectivity index (χ4n) is 2.81. The van der Waals surface area contributed by atoms with Crippen molar-refractivity contribution in [3.8, 4) is 17.2 Å². The highest BCUT2D eigenvalue weighted by Gasteiger charge is 2.45. The van der Waals surface area contributed by atoms with E-state index in [1.807, 2.05) is 18.2 Å². The standard InChI is InChI=1S/C16H16O4/c1-19-13-7-6-11(8-12(13)17)16(18)9-10-4-3-5-14(20-2)15(10)16/h3-8,17-18H,9H2,1-2H3/t16-/m1/s1. The van der Waals surface area contributed by atoms with Gasteiger partial charge >= 0.3 is 0 Å². The van der Waals surface area contributed by atoms with Crippen molar-refractivity contribution in [2.24, 2.45) is 0 Å². The van der Waals surface area contributed by atoms with Crippen LogP contribution in [0.2, 0.25) is 0 Å². The molecule has 0 amide bonds. The molecular formula is C16H16O4. The second kappa shape index (κ2) is 4.42. The van der Waals surface area contributed by atoms with Crippen molar-refractivity contribution >= 4 is 0 Å². The number of fused-ring (bicyclic) bond motifs is 1. The highest BCUT2D eigenvalue weighted by atomic mass is 16.5. The molecule has 0 fully saturated rings. The van der Waals surface area contributed by atoms with Gasteiger partial charge in [-0.2, -0.15) is 0 Å². The number of benzene rings is 2. The smallest absolute Gasteiger partial charge is 0.160 e. The van der Waals surface area contributed by atoms with E-state index in [1.165, 1.54) is 13.2 Å². The summed E-state index contributed by atoms with van der Waals surface area (Å²) in [6.45, 7) is 0. The Labute approximate surface area is 117 Å². The molecule has 0 radical (unpaired) electrons. The monoisotopic (exact) mass is 272 g/mol. The van der Waals surface area contributed by atoms with Crippen LogP contribution < -0.4 is 9.47 Å². The van der Waals surface area contributed by atoms with Crippen LogP contribution in [0.1, 0.15) is 16.7 Å². The number of aromatic hydroxyl groups is 1. The number of hydrogen-bond acceptors (Lipinski definition) is 4. The lowest BCUT2D eigenvalue weighted by atomic mass is 9.69. The first kappa shape index (κ1) is 12.8. The number of phenols is 1. The van der Waals surface area contributed by atoms with Crippen molar-refractivity contribution in [1.29, 1.82) is 0 Å². The van der Waals surface area contributed by atoms with Gasteiger partial charge in [0, 0.05) is 12.0 Å². The largest absolute Gasteiger partial charge is 0.504 e. The molecule has 0 aliphatic heterocycles. The zero-order chi connectivity index (χ0) is 14.3. The van der Waals surface area contributed by atoms with E-state index in [4.69, 9.17) is 9.47 Å². The van der Waals surface area contributed by atoms with Crippen LogP contribution in [0, 0.1) is 0 Å². The van der Waals surface area contributed by atoms with Crippen molar-refractivity contribution in [2.45, 2.75) is 12.0 Å². The van der Waals surface area contributed by atoms with E-state index in [1.54, 1.807) is 19.2 Å². The van der Waals surface area contributed by atoms with Crippen LogP contribution in [-0.2, 0) is 12.0 Å². The zero-order valence-corrected chi connectivity index (χ0v) is 11.4. The minimum atomic E-state index is -1.12. The van der Waals surface area contributed by atoms with Crippen molar-refractivity contribution in [1.82, 2.24) is 0 Å². The van der Waals surface area contributed by atoms with Crippen LogP contribution in [0.3, 0.4) is 0 Å². The Balaban J connectivity index is 2.09. The van der Waals surface area contributed by atoms with Gasteiger partial charge in [0.1, 0.15) is 11.4 Å². The maximum absolute atomic E-state index is 10.9. The summed E-state index contributed by atoms with van der Waals surface area (Å²) >= 11 is 0. The second-order valence-corrected chi connectivity index (χ2v) is 4.92. The topological polar surface area (TPSA) is 58.9 Å². The Morgan fingerprint density at radius 3 is 2.45 bits per heavy atom. The van der Waals surface area contributed by atoms with Crippen molar-refractivity contribution in [3.05, 3.63) is 53.1 Å². The third kappa shape index (κ3) is 1.65. The van der Waals surface area contributed by atoms with Gasteiger partial charge in [0.05, 0.1) is 14.2 Å². The molecule has 104 valence electrons. The molecule has 1 aliphatic carbocycles. The Morgan fingerprint density at radius 1 is 1.05 bits per heavy atom. The molecule has 0 unspecified atom stereocenters. The fraction of sp³-hybridized carbons (Fsp3) is 0.250. The van der Waals surface area contributed by atoms with Crippen molar-refractivity contribution in [3.63, 3.8) is 0 Å². The molecule has 3 rings (SSSR count). The molecule has 20 heavy (non-hydrogen) atoms. The summed E-state index contributed by atoms with van der Waals surface area (Å²) in [6, 6.07) is 10.6. The zero-order valence-electron chi connectivity index (χ0n) is 11.4. The number of aliphatic hydroxyl groups is 1. The maximum Gasteiger partial charge on any atom is 0.160 e. The molecule has 2 aromatic rings. The lowest BCUT2D eigenvalue weighted by Gasteiger charge is -2.41. The van der Waals surface area contributed by atoms with Crippen molar-refractivity contribution in [2.75, 3.05) is 14.2 Å². The summed E-state index contributed by atoms with van der Waals surface area (Å²) in [7, 11) is 3.07. The van der Waals surface area contributed by atoms with Gasteiger partial charge in [-0.15, -0.1) is 0 Å². The van der Waals surface area contributed by atoms with Crippen LogP contribution in [0.25, 0.3) is 0 Å². The summed E-state index contributed by atoms with van der Waals surface area (Å²) in [6.07, 6.45) is 0.505. The van der Waals surface area contributed by atoms with Gasteiger partial charge in [-0.1, -0.05) is 18.2 Å². The Kier molecular flexibility index (Phi) is 2.83. The molecule has 2 aromatic carbocycles. The van der Waals surface area contributed by atoms with Crippen LogP contribution in [-0.4, -0.2) is 24.4 Å². The third-order valence-corrected chi connectivity index (χ3v) is 3.85. The molecule has 1 aliphatic rings. The van der Waals surface area contributed by atoms with E-state index in [9.17, 15) is 10.2 Å². The Hall–Kier alpha value is -2.20. The summed E-state index contributed by atoms with van der Waals surface area (Å²) in [4.78, 5) is 0. The molecular weight excluding hydrogens is 256 g/mol.